The number of aliphatic carboxylic acids is 1. The summed E-state index contributed by atoms with van der Waals surface area (Å²) in [6.45, 7) is 1.22. The minimum absolute atomic E-state index is 0.0367. The minimum atomic E-state index is -2.60. The van der Waals surface area contributed by atoms with E-state index < -0.39 is 37.1 Å². The van der Waals surface area contributed by atoms with Crippen LogP contribution in [0.5, 0.6) is 5.75 Å². The van der Waals surface area contributed by atoms with E-state index in [-0.39, 0.29) is 18.9 Å². The SMILES string of the molecule is [2H]C([2H])([2H])Oc1ccc(N2CCO[C@H]([C@@H](OC(C)=O)C(=O)O)C2=O)cc1. The second kappa shape index (κ2) is 7.10. The first kappa shape index (κ1) is 12.9. The zero-order chi connectivity index (χ0) is 19.5. The fourth-order valence-electron chi connectivity index (χ4n) is 2.19. The van der Waals surface area contributed by atoms with Gasteiger partial charge in [-0.1, -0.05) is 0 Å². The molecule has 1 saturated heterocycles. The van der Waals surface area contributed by atoms with Crippen LogP contribution in [0.2, 0.25) is 0 Å². The number of carbonyl (C=O) groups is 3. The van der Waals surface area contributed by atoms with Crippen molar-refractivity contribution in [2.24, 2.45) is 0 Å². The lowest BCUT2D eigenvalue weighted by Crippen LogP contribution is -2.55. The molecule has 1 fully saturated rings. The van der Waals surface area contributed by atoms with E-state index in [9.17, 15) is 19.5 Å². The summed E-state index contributed by atoms with van der Waals surface area (Å²) in [7, 11) is -2.60. The molecule has 0 radical (unpaired) electrons. The highest BCUT2D eigenvalue weighted by Gasteiger charge is 2.42. The van der Waals surface area contributed by atoms with E-state index in [1.54, 1.807) is 0 Å². The van der Waals surface area contributed by atoms with Crippen molar-refractivity contribution in [2.45, 2.75) is 19.1 Å². The van der Waals surface area contributed by atoms with Crippen LogP contribution in [0, 0.1) is 0 Å². The molecule has 8 heteroatoms. The van der Waals surface area contributed by atoms with Crippen molar-refractivity contribution in [2.75, 3.05) is 25.1 Å². The third-order valence-corrected chi connectivity index (χ3v) is 3.20. The van der Waals surface area contributed by atoms with Crippen molar-refractivity contribution in [3.8, 4) is 5.75 Å². The van der Waals surface area contributed by atoms with Crippen molar-refractivity contribution in [1.82, 2.24) is 0 Å². The number of ether oxygens (including phenoxy) is 3. The zero-order valence-corrected chi connectivity index (χ0v) is 12.2. The zero-order valence-electron chi connectivity index (χ0n) is 15.2. The number of hydrogen-bond acceptors (Lipinski definition) is 6. The highest BCUT2D eigenvalue weighted by Crippen LogP contribution is 2.23. The molecule has 1 heterocycles. The molecule has 2 rings (SSSR count). The third kappa shape index (κ3) is 3.78. The van der Waals surface area contributed by atoms with E-state index in [0.717, 1.165) is 6.92 Å². The van der Waals surface area contributed by atoms with E-state index in [1.165, 1.54) is 29.2 Å². The summed E-state index contributed by atoms with van der Waals surface area (Å²) < 4.78 is 35.8. The Morgan fingerprint density at radius 3 is 2.70 bits per heavy atom. The van der Waals surface area contributed by atoms with Crippen LogP contribution in [0.1, 0.15) is 11.0 Å². The van der Waals surface area contributed by atoms with Crippen LogP contribution in [-0.4, -0.2) is 55.3 Å². The number of nitrogens with zero attached hydrogens (tertiary/aromatic N) is 1. The Morgan fingerprint density at radius 2 is 2.13 bits per heavy atom. The molecule has 0 unspecified atom stereocenters. The topological polar surface area (TPSA) is 102 Å². The molecule has 8 nitrogen and oxygen atoms in total. The van der Waals surface area contributed by atoms with Gasteiger partial charge in [-0.15, -0.1) is 0 Å². The number of carboxylic acids is 1. The Balaban J connectivity index is 2.18. The Hall–Kier alpha value is -2.61. The lowest BCUT2D eigenvalue weighted by molar-refractivity contribution is -0.177. The fraction of sp³-hybridized carbons (Fsp3) is 0.400. The Bertz CT molecular complexity index is 689. The van der Waals surface area contributed by atoms with Crippen LogP contribution in [0.25, 0.3) is 0 Å². The molecular weight excluding hydrogens is 306 g/mol. The van der Waals surface area contributed by atoms with Crippen LogP contribution in [0.4, 0.5) is 5.69 Å². The number of hydrogen-bond donors (Lipinski definition) is 1. The highest BCUT2D eigenvalue weighted by atomic mass is 16.6. The summed E-state index contributed by atoms with van der Waals surface area (Å²) in [6, 6.07) is 5.67. The van der Waals surface area contributed by atoms with Crippen molar-refractivity contribution in [3.05, 3.63) is 24.3 Å². The summed E-state index contributed by atoms with van der Waals surface area (Å²) >= 11 is 0. The van der Waals surface area contributed by atoms with Crippen LogP contribution in [-0.2, 0) is 23.9 Å². The Kier molecular flexibility index (Phi) is 3.98. The summed E-state index contributed by atoms with van der Waals surface area (Å²) in [5, 5.41) is 9.20. The maximum atomic E-state index is 12.6. The molecule has 124 valence electrons. The van der Waals surface area contributed by atoms with Gasteiger partial charge in [-0.3, -0.25) is 9.59 Å². The van der Waals surface area contributed by atoms with Gasteiger partial charge in [0.05, 0.1) is 17.8 Å². The van der Waals surface area contributed by atoms with E-state index in [4.69, 9.17) is 13.6 Å². The van der Waals surface area contributed by atoms with Gasteiger partial charge in [0.2, 0.25) is 6.10 Å². The maximum Gasteiger partial charge on any atom is 0.348 e. The Labute approximate surface area is 136 Å². The molecule has 0 saturated carbocycles. The lowest BCUT2D eigenvalue weighted by atomic mass is 10.1. The quantitative estimate of drug-likeness (QED) is 0.783. The van der Waals surface area contributed by atoms with E-state index in [1.807, 2.05) is 0 Å². The van der Waals surface area contributed by atoms with Crippen LogP contribution in [0.15, 0.2) is 24.3 Å². The number of amides is 1. The van der Waals surface area contributed by atoms with Gasteiger partial charge in [-0.2, -0.15) is 0 Å². The smallest absolute Gasteiger partial charge is 0.348 e. The van der Waals surface area contributed by atoms with Gasteiger partial charge >= 0.3 is 11.9 Å². The monoisotopic (exact) mass is 326 g/mol. The van der Waals surface area contributed by atoms with Gasteiger partial charge < -0.3 is 24.2 Å². The molecule has 2 atom stereocenters. The number of rotatable bonds is 5. The number of anilines is 1. The summed E-state index contributed by atoms with van der Waals surface area (Å²) in [5.41, 5.74) is 0.396. The number of carboxylic acid groups (broad SMARTS) is 1. The lowest BCUT2D eigenvalue weighted by Gasteiger charge is -2.34. The van der Waals surface area contributed by atoms with E-state index in [2.05, 4.69) is 4.74 Å². The first-order chi connectivity index (χ1) is 12.1. The van der Waals surface area contributed by atoms with Crippen LogP contribution in [0.3, 0.4) is 0 Å². The first-order valence-corrected chi connectivity index (χ1v) is 6.70. The molecule has 0 bridgehead atoms. The van der Waals surface area contributed by atoms with Crippen LogP contribution < -0.4 is 9.64 Å². The Morgan fingerprint density at radius 1 is 1.43 bits per heavy atom. The van der Waals surface area contributed by atoms with Gasteiger partial charge in [-0.25, -0.2) is 4.79 Å². The molecule has 0 spiro atoms. The number of esters is 1. The third-order valence-electron chi connectivity index (χ3n) is 3.20. The van der Waals surface area contributed by atoms with Gasteiger partial charge in [0.25, 0.3) is 5.91 Å². The summed E-state index contributed by atoms with van der Waals surface area (Å²) in [6.07, 6.45) is -3.25. The fourth-order valence-corrected chi connectivity index (χ4v) is 2.19. The largest absolute Gasteiger partial charge is 0.497 e. The van der Waals surface area contributed by atoms with Crippen molar-refractivity contribution in [1.29, 1.82) is 0 Å². The van der Waals surface area contributed by atoms with Gasteiger partial charge in [0, 0.05) is 19.2 Å². The number of benzene rings is 1. The van der Waals surface area contributed by atoms with Crippen molar-refractivity contribution >= 4 is 23.5 Å². The van der Waals surface area contributed by atoms with Gasteiger partial charge in [0.1, 0.15) is 5.75 Å². The maximum absolute atomic E-state index is 12.6. The predicted octanol–water partition coefficient (Wildman–Crippen LogP) is 0.443. The molecule has 1 aromatic rings. The molecule has 1 aliphatic heterocycles. The summed E-state index contributed by atoms with van der Waals surface area (Å²) in [4.78, 5) is 36.3. The number of carbonyl (C=O) groups excluding carboxylic acids is 2. The van der Waals surface area contributed by atoms with E-state index >= 15 is 0 Å². The summed E-state index contributed by atoms with van der Waals surface area (Å²) in [5.74, 6) is -2.94. The average Bonchev–Trinajstić information content (AvgIpc) is 2.52. The standard InChI is InChI=1S/C15H17NO7/c1-9(17)23-13(15(19)20)12-14(18)16(7-8-22-12)10-3-5-11(21-2)6-4-10/h3-6,12-13H,7-8H2,1-2H3,(H,19,20)/t12-,13-/m1/s1/i2D3. The molecule has 1 amide bonds. The predicted molar refractivity (Wildman–Crippen MR) is 78.3 cm³/mol. The van der Waals surface area contributed by atoms with Gasteiger partial charge in [0.15, 0.2) is 6.10 Å². The van der Waals surface area contributed by atoms with Crippen LogP contribution >= 0.6 is 0 Å². The van der Waals surface area contributed by atoms with Crippen molar-refractivity contribution < 1.29 is 37.8 Å². The van der Waals surface area contributed by atoms with Crippen molar-refractivity contribution in [3.63, 3.8) is 0 Å². The normalized spacial score (nSPS) is 21.6. The number of methoxy groups -OCH3 is 1. The van der Waals surface area contributed by atoms with Gasteiger partial charge in [-0.05, 0) is 24.3 Å². The molecule has 1 aliphatic rings. The molecule has 0 aliphatic carbocycles. The molecule has 0 aromatic heterocycles. The first-order valence-electron chi connectivity index (χ1n) is 8.20. The average molecular weight is 326 g/mol. The molecule has 1 N–H and O–H groups in total. The van der Waals surface area contributed by atoms with E-state index in [0.29, 0.717) is 5.69 Å². The molecule has 1 aromatic carbocycles. The molecule has 23 heavy (non-hydrogen) atoms. The minimum Gasteiger partial charge on any atom is -0.497 e. The highest BCUT2D eigenvalue weighted by molar-refractivity contribution is 6.00. The second-order valence-electron chi connectivity index (χ2n) is 4.75. The molecular formula is C15H17NO7. The second-order valence-corrected chi connectivity index (χ2v) is 4.75. The number of morpholine rings is 1.